The molecule has 0 aliphatic heterocycles. The van der Waals surface area contributed by atoms with Gasteiger partial charge in [-0.3, -0.25) is 109 Å². The third kappa shape index (κ3) is 52.1. The molecule has 13 atom stereocenters. The van der Waals surface area contributed by atoms with E-state index in [1.807, 2.05) is 0 Å². The number of thiol groups is 1. The van der Waals surface area contributed by atoms with Crippen LogP contribution < -0.4 is 158 Å². The van der Waals surface area contributed by atoms with Crippen molar-refractivity contribution in [3.05, 3.63) is 0 Å². The molecule has 0 radical (unpaired) electrons. The summed E-state index contributed by atoms with van der Waals surface area (Å²) < 4.78 is 0. The van der Waals surface area contributed by atoms with E-state index in [0.717, 1.165) is 6.92 Å². The smallest absolute Gasteiger partial charge is 0.325 e. The molecule has 0 aromatic carbocycles. The maximum atomic E-state index is 14.9. The van der Waals surface area contributed by atoms with Crippen molar-refractivity contribution in [2.75, 3.05) is 76.7 Å². The highest BCUT2D eigenvalue weighted by atomic mass is 32.2. The average Bonchev–Trinajstić information content (AvgIpc) is 0.868. The molecule has 0 heterocycles. The molecule has 0 bridgehead atoms. The second-order valence-corrected chi connectivity index (χ2v) is 29.9. The predicted octanol–water partition coefficient (Wildman–Crippen LogP) is -12.4. The van der Waals surface area contributed by atoms with Crippen LogP contribution in [-0.4, -0.2) is 296 Å². The van der Waals surface area contributed by atoms with Crippen LogP contribution in [0.1, 0.15) is 148 Å². The fraction of sp³-hybridized carbons (Fsp3) is 0.686. The summed E-state index contributed by atoms with van der Waals surface area (Å²) >= 11 is 5.46. The number of aliphatic carboxylic acids is 2. The summed E-state index contributed by atoms with van der Waals surface area (Å²) in [6.07, 6.45) is -1.19. The number of carbonyl (C=O) groups is 16. The highest BCUT2D eigenvalue weighted by Crippen LogP contribution is 2.14. The molecule has 0 spiro atoms. The Bertz CT molecular complexity index is 3590. The normalized spacial score (nSPS) is 13.9. The SMILES string of the molecule is CSCC[C@H](NC(=O)[C@H](CC(=O)O)NC(=O)[C@H](CS)NC(=O)[C@H](CCCNC(=N)N)NC(=O)[C@H](CCCNC(=N)N)NC(=O)[C@H](CCCNC(=N)N)NC(=O)[C@H](CCC(N)=O)NC(=O)[C@H](CCCNC(=N)N)NC(=O)[C@H](CCCNC(=N)N)NC(=O)[C@H](CCCCN)NC(=O)[C@H](CCCCN)NC(=O)[C@H](CCCNC(=N)N)NC(=O)CN)C(=O)N[C@@H](C)C(=O)O. The molecule has 0 rings (SSSR count). The van der Waals surface area contributed by atoms with E-state index in [-0.39, 0.29) is 173 Å². The number of guanidine groups is 6. The molecule has 0 unspecified atom stereocenters. The predicted molar refractivity (Wildman–Crippen MR) is 466 cm³/mol. The summed E-state index contributed by atoms with van der Waals surface area (Å²) in [7, 11) is 0. The van der Waals surface area contributed by atoms with Gasteiger partial charge in [0.1, 0.15) is 78.5 Å². The van der Waals surface area contributed by atoms with Gasteiger partial charge in [0.25, 0.3) is 0 Å². The Kier molecular flexibility index (Phi) is 58.2. The molecule has 0 aliphatic carbocycles. The summed E-state index contributed by atoms with van der Waals surface area (Å²) in [6, 6.07) is -20.7. The third-order valence-corrected chi connectivity index (χ3v) is 19.2. The van der Waals surface area contributed by atoms with E-state index in [0.29, 0.717) is 12.8 Å². The molecule has 47 N–H and O–H groups in total. The Morgan fingerprint density at radius 1 is 0.312 bits per heavy atom. The van der Waals surface area contributed by atoms with Crippen molar-refractivity contribution in [2.24, 2.45) is 57.3 Å². The lowest BCUT2D eigenvalue weighted by Gasteiger charge is -2.29. The number of rotatable bonds is 68. The van der Waals surface area contributed by atoms with Gasteiger partial charge in [0, 0.05) is 51.4 Å². The van der Waals surface area contributed by atoms with Gasteiger partial charge in [0.15, 0.2) is 35.8 Å². The molecule has 0 aromatic heterocycles. The maximum absolute atomic E-state index is 14.9. The van der Waals surface area contributed by atoms with Crippen molar-refractivity contribution < 1.29 is 86.9 Å². The van der Waals surface area contributed by atoms with Gasteiger partial charge in [-0.25, -0.2) is 0 Å². The van der Waals surface area contributed by atoms with Crippen molar-refractivity contribution in [2.45, 2.75) is 227 Å². The van der Waals surface area contributed by atoms with Crippen LogP contribution in [0.2, 0.25) is 0 Å². The van der Waals surface area contributed by atoms with E-state index in [1.54, 1.807) is 6.26 Å². The van der Waals surface area contributed by atoms with Crippen molar-refractivity contribution in [3.8, 4) is 0 Å². The maximum Gasteiger partial charge on any atom is 0.325 e. The second-order valence-electron chi connectivity index (χ2n) is 28.6. The van der Waals surface area contributed by atoms with E-state index in [9.17, 15) is 86.9 Å². The van der Waals surface area contributed by atoms with Gasteiger partial charge in [0.05, 0.1) is 13.0 Å². The van der Waals surface area contributed by atoms with Gasteiger partial charge in [-0.15, -0.1) is 0 Å². The Hall–Kier alpha value is -12.3. The van der Waals surface area contributed by atoms with Crippen molar-refractivity contribution in [1.29, 1.82) is 32.5 Å². The fourth-order valence-electron chi connectivity index (χ4n) is 11.6. The quantitative estimate of drug-likeness (QED) is 0.0116. The molecule has 53 nitrogen and oxygen atoms in total. The standard InChI is InChI=1S/C70H133N35O18S2/c1-36(64(122)123)93-52(110)46(23-32-125-2)103-62(120)47(33-51(108)109)104-63(121)48(35-124)105-60(118)44(20-12-31-92-70(85)86)100-57(115)41(17-9-28-89-67(79)80)98-58(116)42(18-10-29-90-68(81)82)101-61(119)45(21-22-49(74)106)102-59(117)43(19-11-30-91-69(83)84)99-56(114)40(16-8-27-88-66(77)78)97-55(113)39(14-4-6-25-72)96-54(112)38(13-3-5-24-71)95-53(111)37(94-50(107)34-73)15-7-26-87-65(75)76/h36-48,124H,3-35,71-73H2,1-2H3,(H2,74,106)(H,93,110)(H,94,107)(H,95,111)(H,96,112)(H,97,113)(H,98,116)(H,99,114)(H,100,115)(H,101,119)(H,102,117)(H,103,120)(H,104,121)(H,105,118)(H,108,109)(H,122,123)(H4,75,76,87)(H4,77,78,88)(H4,79,80,89)(H4,81,82,90)(H4,83,84,91)(H4,85,86,92)/t36-,37-,38-,39-,40-,41-,42-,43-,44-,45-,46-,47-,48-/m0/s1. The van der Waals surface area contributed by atoms with E-state index < -0.39 is 235 Å². The van der Waals surface area contributed by atoms with Crippen LogP contribution in [0.25, 0.3) is 0 Å². The van der Waals surface area contributed by atoms with Crippen LogP contribution in [-0.2, 0) is 76.7 Å². The molecule has 55 heteroatoms. The topological polar surface area (TPSA) is 945 Å². The molecule has 14 amide bonds. The minimum absolute atomic E-state index is 0.00231. The number of hydrogen-bond acceptors (Lipinski definition) is 27. The van der Waals surface area contributed by atoms with Gasteiger partial charge >= 0.3 is 11.9 Å². The minimum atomic E-state index is -1.93. The number of carbonyl (C=O) groups excluding carboxylic acids is 14. The number of unbranched alkanes of at least 4 members (excludes halogenated alkanes) is 2. The van der Waals surface area contributed by atoms with Crippen molar-refractivity contribution >= 4 is 155 Å². The molecule has 0 aliphatic rings. The Morgan fingerprint density at radius 3 is 0.768 bits per heavy atom. The average molecular weight is 1820 g/mol. The molecule has 0 saturated carbocycles. The van der Waals surface area contributed by atoms with E-state index in [2.05, 4.69) is 114 Å². The van der Waals surface area contributed by atoms with E-state index >= 15 is 0 Å². The van der Waals surface area contributed by atoms with Crippen LogP contribution in [0.5, 0.6) is 0 Å². The summed E-state index contributed by atoms with van der Waals surface area (Å²) in [5, 5.41) is 113. The monoisotopic (exact) mass is 1820 g/mol. The number of hydrogen-bond donors (Lipinski definition) is 38. The van der Waals surface area contributed by atoms with Gasteiger partial charge < -0.3 is 169 Å². The molecule has 0 saturated heterocycles. The van der Waals surface area contributed by atoms with Crippen LogP contribution in [0.3, 0.4) is 0 Å². The first kappa shape index (κ1) is 113. The Morgan fingerprint density at radius 2 is 0.536 bits per heavy atom. The highest BCUT2D eigenvalue weighted by Gasteiger charge is 2.38. The molecule has 125 heavy (non-hydrogen) atoms. The molecular weight excluding hydrogens is 1680 g/mol. The number of thioether (sulfide) groups is 1. The lowest BCUT2D eigenvalue weighted by Crippen LogP contribution is -2.61. The number of amides is 14. The molecule has 0 fully saturated rings. The number of primary amides is 1. The van der Waals surface area contributed by atoms with E-state index in [4.69, 9.17) is 89.8 Å². The summed E-state index contributed by atoms with van der Waals surface area (Å²) in [6.45, 7) is 0.709. The first-order valence-corrected chi connectivity index (χ1v) is 42.4. The summed E-state index contributed by atoms with van der Waals surface area (Å²) in [5.74, 6) is -20.5. The zero-order chi connectivity index (χ0) is 94.7. The number of carboxylic acid groups (broad SMARTS) is 2. The molecular formula is C70H133N35O18S2. The molecule has 708 valence electrons. The fourth-order valence-corrected chi connectivity index (χ4v) is 12.3. The van der Waals surface area contributed by atoms with Gasteiger partial charge in [-0.1, -0.05) is 0 Å². The number of carboxylic acids is 2. The third-order valence-electron chi connectivity index (χ3n) is 18.2. The first-order valence-electron chi connectivity index (χ1n) is 40.4. The van der Waals surface area contributed by atoms with Gasteiger partial charge in [-0.2, -0.15) is 24.4 Å². The largest absolute Gasteiger partial charge is 0.481 e. The minimum Gasteiger partial charge on any atom is -0.481 e. The van der Waals surface area contributed by atoms with Crippen LogP contribution in [0.4, 0.5) is 0 Å². The number of nitrogens with one attached hydrogen (secondary N) is 25. The number of nitrogens with two attached hydrogens (primary N) is 10. The Labute approximate surface area is 732 Å². The molecule has 0 aromatic rings. The van der Waals surface area contributed by atoms with Gasteiger partial charge in [0.2, 0.25) is 82.7 Å². The first-order chi connectivity index (χ1) is 59.0. The van der Waals surface area contributed by atoms with Gasteiger partial charge in [-0.05, 0) is 160 Å². The second kappa shape index (κ2) is 64.5. The van der Waals surface area contributed by atoms with Crippen molar-refractivity contribution in [1.82, 2.24) is 101 Å². The Balaban J connectivity index is 7.95. The lowest BCUT2D eigenvalue weighted by molar-refractivity contribution is -0.143. The lowest BCUT2D eigenvalue weighted by atomic mass is 10.0. The summed E-state index contributed by atoms with van der Waals surface area (Å²) in [4.78, 5) is 222. The van der Waals surface area contributed by atoms with Crippen molar-refractivity contribution in [3.63, 3.8) is 0 Å². The van der Waals surface area contributed by atoms with Crippen LogP contribution in [0, 0.1) is 32.5 Å². The zero-order valence-corrected chi connectivity index (χ0v) is 72.1. The summed E-state index contributed by atoms with van der Waals surface area (Å²) in [5.41, 5.74) is 55.9. The van der Waals surface area contributed by atoms with Crippen LogP contribution in [0.15, 0.2) is 0 Å². The van der Waals surface area contributed by atoms with E-state index in [1.165, 1.54) is 11.8 Å². The zero-order valence-electron chi connectivity index (χ0n) is 70.4. The highest BCUT2D eigenvalue weighted by molar-refractivity contribution is 7.98. The van der Waals surface area contributed by atoms with Crippen LogP contribution >= 0.6 is 24.4 Å².